The lowest BCUT2D eigenvalue weighted by molar-refractivity contribution is 0.185. The van der Waals surface area contributed by atoms with E-state index in [2.05, 4.69) is 52.7 Å². The summed E-state index contributed by atoms with van der Waals surface area (Å²) in [5.74, 6) is 0.840. The maximum absolute atomic E-state index is 12.7. The third-order valence-corrected chi connectivity index (χ3v) is 6.22. The van der Waals surface area contributed by atoms with Crippen molar-refractivity contribution < 1.29 is 4.79 Å². The van der Waals surface area contributed by atoms with E-state index in [1.54, 1.807) is 12.1 Å². The van der Waals surface area contributed by atoms with E-state index in [-0.39, 0.29) is 12.1 Å². The third kappa shape index (κ3) is 4.91. The lowest BCUT2D eigenvalue weighted by atomic mass is 10.1. The van der Waals surface area contributed by atoms with Crippen molar-refractivity contribution in [2.75, 3.05) is 29.9 Å². The van der Waals surface area contributed by atoms with E-state index in [1.165, 1.54) is 22.7 Å². The SMILES string of the molecule is Cc1ccc(Cc2nsc(N3CCN(C(=O)Nc4cccc(Cl)c4)C(C)C3)n2)cc1. The van der Waals surface area contributed by atoms with E-state index in [0.29, 0.717) is 17.3 Å². The number of nitrogens with zero attached hydrogens (tertiary/aromatic N) is 4. The quantitative estimate of drug-likeness (QED) is 0.629. The summed E-state index contributed by atoms with van der Waals surface area (Å²) < 4.78 is 4.54. The first kappa shape index (κ1) is 20.6. The molecule has 1 fully saturated rings. The number of aromatic nitrogens is 2. The first-order valence-electron chi connectivity index (χ1n) is 9.94. The molecule has 0 saturated carbocycles. The number of nitrogens with one attached hydrogen (secondary N) is 1. The summed E-state index contributed by atoms with van der Waals surface area (Å²) in [6, 6.07) is 15.6. The van der Waals surface area contributed by atoms with Crippen LogP contribution in [0.2, 0.25) is 5.02 Å². The number of hydrogen-bond acceptors (Lipinski definition) is 5. The number of rotatable bonds is 4. The van der Waals surface area contributed by atoms with Crippen molar-refractivity contribution in [1.82, 2.24) is 14.3 Å². The highest BCUT2D eigenvalue weighted by molar-refractivity contribution is 7.09. The van der Waals surface area contributed by atoms with Crippen LogP contribution >= 0.6 is 23.1 Å². The molecule has 1 atom stereocenters. The van der Waals surface area contributed by atoms with E-state index in [0.717, 1.165) is 30.5 Å². The Hall–Kier alpha value is -2.64. The predicted molar refractivity (Wildman–Crippen MR) is 123 cm³/mol. The minimum Gasteiger partial charge on any atom is -0.343 e. The normalized spacial score (nSPS) is 16.6. The van der Waals surface area contributed by atoms with E-state index >= 15 is 0 Å². The number of aryl methyl sites for hydroxylation is 1. The number of hydrogen-bond donors (Lipinski definition) is 1. The molecule has 0 spiro atoms. The van der Waals surface area contributed by atoms with Crippen molar-refractivity contribution in [2.24, 2.45) is 0 Å². The number of benzene rings is 2. The van der Waals surface area contributed by atoms with E-state index in [9.17, 15) is 4.79 Å². The third-order valence-electron chi connectivity index (χ3n) is 5.17. The summed E-state index contributed by atoms with van der Waals surface area (Å²) in [6.07, 6.45) is 0.730. The molecule has 1 N–H and O–H groups in total. The number of carbonyl (C=O) groups excluding carboxylic acids is 1. The molecule has 1 saturated heterocycles. The van der Waals surface area contributed by atoms with Gasteiger partial charge in [-0.1, -0.05) is 47.5 Å². The molecular formula is C22H24ClN5OS. The van der Waals surface area contributed by atoms with Gasteiger partial charge in [-0.3, -0.25) is 0 Å². The van der Waals surface area contributed by atoms with E-state index < -0.39 is 0 Å². The summed E-state index contributed by atoms with van der Waals surface area (Å²) >= 11 is 7.43. The lowest BCUT2D eigenvalue weighted by Crippen LogP contribution is -2.55. The fourth-order valence-corrected chi connectivity index (χ4v) is 4.44. The summed E-state index contributed by atoms with van der Waals surface area (Å²) in [5, 5.41) is 4.45. The summed E-state index contributed by atoms with van der Waals surface area (Å²) in [7, 11) is 0. The van der Waals surface area contributed by atoms with Gasteiger partial charge in [-0.05, 0) is 37.6 Å². The molecule has 2 heterocycles. The maximum Gasteiger partial charge on any atom is 0.322 e. The summed E-state index contributed by atoms with van der Waals surface area (Å²) in [6.45, 7) is 6.21. The zero-order valence-electron chi connectivity index (χ0n) is 17.0. The Morgan fingerprint density at radius 1 is 1.23 bits per heavy atom. The maximum atomic E-state index is 12.7. The van der Waals surface area contributed by atoms with Crippen LogP contribution < -0.4 is 10.2 Å². The molecule has 0 radical (unpaired) electrons. The second kappa shape index (κ2) is 9.02. The molecule has 30 heavy (non-hydrogen) atoms. The molecular weight excluding hydrogens is 418 g/mol. The molecule has 2 aromatic carbocycles. The molecule has 4 rings (SSSR count). The van der Waals surface area contributed by atoms with Crippen LogP contribution in [0.3, 0.4) is 0 Å². The second-order valence-corrected chi connectivity index (χ2v) is 8.75. The molecule has 8 heteroatoms. The molecule has 0 aliphatic carbocycles. The van der Waals surface area contributed by atoms with Crippen molar-refractivity contribution >= 4 is 40.0 Å². The molecule has 6 nitrogen and oxygen atoms in total. The number of urea groups is 1. The molecule has 156 valence electrons. The Balaban J connectivity index is 1.35. The minimum absolute atomic E-state index is 0.0578. The lowest BCUT2D eigenvalue weighted by Gasteiger charge is -2.39. The van der Waals surface area contributed by atoms with Crippen molar-refractivity contribution in [3.05, 3.63) is 70.5 Å². The average Bonchev–Trinajstić information content (AvgIpc) is 3.18. The van der Waals surface area contributed by atoms with Crippen LogP contribution in [0.1, 0.15) is 23.9 Å². The molecule has 3 aromatic rings. The first-order chi connectivity index (χ1) is 14.5. The van der Waals surface area contributed by atoms with Crippen LogP contribution in [0, 0.1) is 6.92 Å². The molecule has 1 aromatic heterocycles. The van der Waals surface area contributed by atoms with Crippen molar-refractivity contribution in [2.45, 2.75) is 26.3 Å². The zero-order chi connectivity index (χ0) is 21.1. The smallest absolute Gasteiger partial charge is 0.322 e. The number of halogens is 1. The van der Waals surface area contributed by atoms with Gasteiger partial charge in [0, 0.05) is 54.3 Å². The Bertz CT molecular complexity index is 1020. The van der Waals surface area contributed by atoms with Gasteiger partial charge in [0.25, 0.3) is 0 Å². The van der Waals surface area contributed by atoms with Crippen LogP contribution in [-0.4, -0.2) is 46.0 Å². The Morgan fingerprint density at radius 3 is 2.77 bits per heavy atom. The van der Waals surface area contributed by atoms with Crippen LogP contribution in [0.5, 0.6) is 0 Å². The predicted octanol–water partition coefficient (Wildman–Crippen LogP) is 4.83. The standard InChI is InChI=1S/C22H24ClN5OS/c1-15-6-8-17(9-7-15)12-20-25-22(30-26-20)27-10-11-28(16(2)14-27)21(29)24-19-5-3-4-18(23)13-19/h3-9,13,16H,10-12,14H2,1-2H3,(H,24,29). The highest BCUT2D eigenvalue weighted by Crippen LogP contribution is 2.23. The number of anilines is 2. The number of piperazine rings is 1. The first-order valence-corrected chi connectivity index (χ1v) is 11.1. The van der Waals surface area contributed by atoms with Gasteiger partial charge >= 0.3 is 6.03 Å². The van der Waals surface area contributed by atoms with Crippen molar-refractivity contribution in [3.8, 4) is 0 Å². The highest BCUT2D eigenvalue weighted by atomic mass is 35.5. The molecule has 2 amide bonds. The summed E-state index contributed by atoms with van der Waals surface area (Å²) in [4.78, 5) is 21.5. The van der Waals surface area contributed by atoms with E-state index in [4.69, 9.17) is 16.6 Å². The van der Waals surface area contributed by atoms with Crippen molar-refractivity contribution in [1.29, 1.82) is 0 Å². The second-order valence-electron chi connectivity index (χ2n) is 7.58. The largest absolute Gasteiger partial charge is 0.343 e. The fraction of sp³-hybridized carbons (Fsp3) is 0.318. The van der Waals surface area contributed by atoms with Gasteiger partial charge in [-0.25, -0.2) is 9.78 Å². The number of amides is 2. The fourth-order valence-electron chi connectivity index (χ4n) is 3.53. The van der Waals surface area contributed by atoms with Gasteiger partial charge in [0.1, 0.15) is 5.82 Å². The molecule has 1 aliphatic heterocycles. The van der Waals surface area contributed by atoms with Gasteiger partial charge < -0.3 is 15.1 Å². The average molecular weight is 442 g/mol. The van der Waals surface area contributed by atoms with Gasteiger partial charge in [-0.2, -0.15) is 4.37 Å². The monoisotopic (exact) mass is 441 g/mol. The molecule has 1 unspecified atom stereocenters. The Labute approximate surface area is 185 Å². The van der Waals surface area contributed by atoms with Gasteiger partial charge in [0.05, 0.1) is 0 Å². The van der Waals surface area contributed by atoms with E-state index in [1.807, 2.05) is 17.0 Å². The Morgan fingerprint density at radius 2 is 2.03 bits per heavy atom. The minimum atomic E-state index is -0.109. The van der Waals surface area contributed by atoms with Crippen molar-refractivity contribution in [3.63, 3.8) is 0 Å². The molecule has 0 bridgehead atoms. The van der Waals surface area contributed by atoms with Crippen LogP contribution in [0.15, 0.2) is 48.5 Å². The number of carbonyl (C=O) groups is 1. The van der Waals surface area contributed by atoms with Gasteiger partial charge in [0.2, 0.25) is 5.13 Å². The molecule has 1 aliphatic rings. The van der Waals surface area contributed by atoms with Gasteiger partial charge in [-0.15, -0.1) is 0 Å². The van der Waals surface area contributed by atoms with Crippen LogP contribution in [-0.2, 0) is 6.42 Å². The summed E-state index contributed by atoms with van der Waals surface area (Å²) in [5.41, 5.74) is 3.16. The van der Waals surface area contributed by atoms with Crippen LogP contribution in [0.25, 0.3) is 0 Å². The topological polar surface area (TPSA) is 61.4 Å². The zero-order valence-corrected chi connectivity index (χ0v) is 18.6. The highest BCUT2D eigenvalue weighted by Gasteiger charge is 2.29. The van der Waals surface area contributed by atoms with Crippen LogP contribution in [0.4, 0.5) is 15.6 Å². The Kier molecular flexibility index (Phi) is 6.20. The van der Waals surface area contributed by atoms with Gasteiger partial charge in [0.15, 0.2) is 0 Å².